The lowest BCUT2D eigenvalue weighted by Gasteiger charge is -2.10. The van der Waals surface area contributed by atoms with Gasteiger partial charge in [0.1, 0.15) is 16.6 Å². The van der Waals surface area contributed by atoms with Gasteiger partial charge in [0.2, 0.25) is 0 Å². The zero-order chi connectivity index (χ0) is 21.0. The van der Waals surface area contributed by atoms with Gasteiger partial charge in [-0.3, -0.25) is 0 Å². The van der Waals surface area contributed by atoms with Crippen molar-refractivity contribution >= 4 is 34.2 Å². The first-order chi connectivity index (χ1) is 13.8. The van der Waals surface area contributed by atoms with E-state index in [1.54, 1.807) is 0 Å². The molecule has 3 nitrogen and oxygen atoms in total. The van der Waals surface area contributed by atoms with Crippen LogP contribution >= 0.6 is 22.9 Å². The number of benzene rings is 2. The number of nitrogens with one attached hydrogen (secondary N) is 1. The second kappa shape index (κ2) is 8.68. The number of halogens is 4. The van der Waals surface area contributed by atoms with Gasteiger partial charge in [-0.25, -0.2) is 4.98 Å². The van der Waals surface area contributed by atoms with E-state index < -0.39 is 11.7 Å². The number of nitriles is 1. The highest BCUT2D eigenvalue weighted by Crippen LogP contribution is 2.36. The highest BCUT2D eigenvalue weighted by atomic mass is 35.5. The van der Waals surface area contributed by atoms with E-state index in [2.05, 4.69) is 17.2 Å². The maximum absolute atomic E-state index is 13.0. The normalized spacial score (nSPS) is 11.9. The largest absolute Gasteiger partial charge is 0.417 e. The van der Waals surface area contributed by atoms with Gasteiger partial charge in [0.15, 0.2) is 0 Å². The fourth-order valence-corrected chi connectivity index (χ4v) is 3.59. The molecule has 0 bridgehead atoms. The van der Waals surface area contributed by atoms with Crippen LogP contribution in [0.15, 0.2) is 54.0 Å². The van der Waals surface area contributed by atoms with Crippen LogP contribution < -0.4 is 5.32 Å². The molecule has 3 rings (SSSR count). The molecular formula is C21H15ClF3N3S. The molecule has 0 fully saturated rings. The van der Waals surface area contributed by atoms with Crippen molar-refractivity contribution in [3.05, 3.63) is 75.2 Å². The Morgan fingerprint density at radius 3 is 2.59 bits per heavy atom. The third-order valence-corrected chi connectivity index (χ3v) is 5.37. The topological polar surface area (TPSA) is 48.7 Å². The van der Waals surface area contributed by atoms with Crippen molar-refractivity contribution in [2.75, 3.05) is 5.32 Å². The Bertz CT molecular complexity index is 1080. The van der Waals surface area contributed by atoms with Crippen molar-refractivity contribution < 1.29 is 13.2 Å². The molecule has 1 aromatic heterocycles. The highest BCUT2D eigenvalue weighted by molar-refractivity contribution is 7.11. The van der Waals surface area contributed by atoms with Crippen LogP contribution in [0, 0.1) is 11.3 Å². The van der Waals surface area contributed by atoms with E-state index in [-0.39, 0.29) is 16.3 Å². The molecule has 0 aliphatic carbocycles. The van der Waals surface area contributed by atoms with Crippen LogP contribution in [-0.2, 0) is 12.6 Å². The van der Waals surface area contributed by atoms with Gasteiger partial charge in [0.25, 0.3) is 0 Å². The fourth-order valence-electron chi connectivity index (χ4n) is 2.57. The van der Waals surface area contributed by atoms with Gasteiger partial charge in [-0.05, 0) is 30.2 Å². The number of anilines is 1. The molecule has 8 heteroatoms. The van der Waals surface area contributed by atoms with Crippen LogP contribution in [0.25, 0.3) is 16.8 Å². The molecule has 0 saturated carbocycles. The summed E-state index contributed by atoms with van der Waals surface area (Å²) in [4.78, 5) is 4.48. The quantitative estimate of drug-likeness (QED) is 0.440. The zero-order valence-corrected chi connectivity index (χ0v) is 16.8. The fraction of sp³-hybridized carbons (Fsp3) is 0.143. The summed E-state index contributed by atoms with van der Waals surface area (Å²) < 4.78 is 38.9. The average molecular weight is 434 g/mol. The van der Waals surface area contributed by atoms with E-state index in [9.17, 15) is 18.4 Å². The Balaban J connectivity index is 1.82. The predicted octanol–water partition coefficient (Wildman–Crippen LogP) is 7.02. The Kier molecular flexibility index (Phi) is 6.26. The van der Waals surface area contributed by atoms with Crippen molar-refractivity contribution in [2.24, 2.45) is 0 Å². The minimum absolute atomic E-state index is 0.168. The van der Waals surface area contributed by atoms with E-state index in [1.807, 2.05) is 35.7 Å². The molecule has 0 radical (unpaired) electrons. The van der Waals surface area contributed by atoms with E-state index in [0.29, 0.717) is 5.01 Å². The Morgan fingerprint density at radius 1 is 1.24 bits per heavy atom. The number of hydrogen-bond donors (Lipinski definition) is 1. The van der Waals surface area contributed by atoms with Crippen LogP contribution in [0.4, 0.5) is 18.9 Å². The van der Waals surface area contributed by atoms with E-state index >= 15 is 0 Å². The van der Waals surface area contributed by atoms with Gasteiger partial charge in [-0.2, -0.15) is 18.4 Å². The van der Waals surface area contributed by atoms with Gasteiger partial charge in [0.05, 0.1) is 16.3 Å². The molecule has 0 aliphatic heterocycles. The van der Waals surface area contributed by atoms with Gasteiger partial charge < -0.3 is 5.32 Å². The Morgan fingerprint density at radius 2 is 1.97 bits per heavy atom. The predicted molar refractivity (Wildman–Crippen MR) is 111 cm³/mol. The number of nitrogens with zero attached hydrogens (tertiary/aromatic N) is 2. The minimum atomic E-state index is -4.56. The summed E-state index contributed by atoms with van der Waals surface area (Å²) in [7, 11) is 0. The highest BCUT2D eigenvalue weighted by Gasteiger charge is 2.33. The van der Waals surface area contributed by atoms with Crippen LogP contribution in [0.2, 0.25) is 5.02 Å². The lowest BCUT2D eigenvalue weighted by atomic mass is 10.1. The first-order valence-corrected chi connectivity index (χ1v) is 9.86. The molecule has 1 heterocycles. The molecule has 0 amide bonds. The minimum Gasteiger partial charge on any atom is -0.360 e. The first kappa shape index (κ1) is 20.9. The molecule has 0 saturated heterocycles. The number of hydrogen-bond acceptors (Lipinski definition) is 4. The number of aryl methyl sites for hydroxylation is 1. The summed E-state index contributed by atoms with van der Waals surface area (Å²) >= 11 is 6.91. The van der Waals surface area contributed by atoms with Crippen molar-refractivity contribution in [1.29, 1.82) is 5.26 Å². The second-order valence-electron chi connectivity index (χ2n) is 6.09. The molecule has 29 heavy (non-hydrogen) atoms. The van der Waals surface area contributed by atoms with E-state index in [4.69, 9.17) is 11.6 Å². The molecule has 3 aromatic rings. The Labute approximate surface area is 175 Å². The summed E-state index contributed by atoms with van der Waals surface area (Å²) in [6.07, 6.45) is -2.28. The SMILES string of the molecule is CCc1ccc(-c2csc(/C(C#N)=C\Nc3ccc(Cl)c(C(F)(F)F)c3)n2)cc1. The van der Waals surface area contributed by atoms with E-state index in [0.717, 1.165) is 29.8 Å². The zero-order valence-electron chi connectivity index (χ0n) is 15.2. The summed E-state index contributed by atoms with van der Waals surface area (Å²) in [5.74, 6) is 0. The maximum Gasteiger partial charge on any atom is 0.417 e. The molecular weight excluding hydrogens is 419 g/mol. The molecule has 1 N–H and O–H groups in total. The number of allylic oxidation sites excluding steroid dienone is 1. The Hall–Kier alpha value is -2.82. The van der Waals surface area contributed by atoms with Gasteiger partial charge in [-0.15, -0.1) is 11.3 Å². The molecule has 0 spiro atoms. The summed E-state index contributed by atoms with van der Waals surface area (Å²) in [6, 6.07) is 13.5. The third kappa shape index (κ3) is 4.97. The monoisotopic (exact) mass is 433 g/mol. The van der Waals surface area contributed by atoms with Crippen molar-refractivity contribution in [3.8, 4) is 17.3 Å². The van der Waals surface area contributed by atoms with Crippen LogP contribution in [0.1, 0.15) is 23.1 Å². The van der Waals surface area contributed by atoms with Gasteiger partial charge in [-0.1, -0.05) is 42.8 Å². The van der Waals surface area contributed by atoms with E-state index in [1.165, 1.54) is 29.2 Å². The number of rotatable bonds is 5. The van der Waals surface area contributed by atoms with Gasteiger partial charge >= 0.3 is 6.18 Å². The number of thiazole rings is 1. The molecule has 2 aromatic carbocycles. The van der Waals surface area contributed by atoms with Crippen molar-refractivity contribution in [1.82, 2.24) is 4.98 Å². The molecule has 0 unspecified atom stereocenters. The molecule has 0 aliphatic rings. The summed E-state index contributed by atoms with van der Waals surface area (Å²) in [6.45, 7) is 2.07. The number of alkyl halides is 3. The smallest absolute Gasteiger partial charge is 0.360 e. The summed E-state index contributed by atoms with van der Waals surface area (Å²) in [5.41, 5.74) is 2.33. The standard InChI is InChI=1S/C21H15ClF3N3S/c1-2-13-3-5-14(6-4-13)19-12-29-20(28-19)15(10-26)11-27-16-7-8-18(22)17(9-16)21(23,24)25/h3-9,11-12,27H,2H2,1H3/b15-11-. The molecule has 0 atom stereocenters. The number of aromatic nitrogens is 1. The first-order valence-electron chi connectivity index (χ1n) is 8.60. The second-order valence-corrected chi connectivity index (χ2v) is 7.36. The lowest BCUT2D eigenvalue weighted by molar-refractivity contribution is -0.137. The third-order valence-electron chi connectivity index (χ3n) is 4.17. The van der Waals surface area contributed by atoms with Gasteiger partial charge in [0, 0.05) is 22.8 Å². The van der Waals surface area contributed by atoms with Crippen molar-refractivity contribution in [2.45, 2.75) is 19.5 Å². The average Bonchev–Trinajstić information content (AvgIpc) is 3.19. The van der Waals surface area contributed by atoms with Crippen LogP contribution in [-0.4, -0.2) is 4.98 Å². The van der Waals surface area contributed by atoms with Crippen molar-refractivity contribution in [3.63, 3.8) is 0 Å². The maximum atomic E-state index is 13.0. The van der Waals surface area contributed by atoms with Crippen LogP contribution in [0.3, 0.4) is 0 Å². The molecule has 148 valence electrons. The summed E-state index contributed by atoms with van der Waals surface area (Å²) in [5, 5.41) is 14.1. The lowest BCUT2D eigenvalue weighted by Crippen LogP contribution is -2.06. The van der Waals surface area contributed by atoms with Crippen LogP contribution in [0.5, 0.6) is 0 Å².